The Hall–Kier alpha value is -2.61. The molecule has 3 rings (SSSR count). The minimum atomic E-state index is -0.997. The van der Waals surface area contributed by atoms with Gasteiger partial charge in [-0.1, -0.05) is 30.3 Å². The van der Waals surface area contributed by atoms with Gasteiger partial charge in [-0.2, -0.15) is 0 Å². The van der Waals surface area contributed by atoms with Crippen LogP contribution in [0, 0.1) is 0 Å². The SMILES string of the molecule is CN1CCN(C(=O)NCc2ccccc2)CC12CCC(=O)N(CC(=O)O)CC2. The number of urea groups is 1. The van der Waals surface area contributed by atoms with E-state index in [-0.39, 0.29) is 24.0 Å². The van der Waals surface area contributed by atoms with Gasteiger partial charge < -0.3 is 20.2 Å². The third-order valence-electron chi connectivity index (χ3n) is 5.90. The van der Waals surface area contributed by atoms with Crippen LogP contribution in [0.3, 0.4) is 0 Å². The highest BCUT2D eigenvalue weighted by molar-refractivity contribution is 5.81. The monoisotopic (exact) mass is 388 g/mol. The highest BCUT2D eigenvalue weighted by Gasteiger charge is 2.43. The zero-order chi connectivity index (χ0) is 20.1. The summed E-state index contributed by atoms with van der Waals surface area (Å²) in [5.41, 5.74) is 0.745. The number of carboxylic acids is 1. The minimum Gasteiger partial charge on any atom is -0.480 e. The number of likely N-dealkylation sites (N-methyl/N-ethyl adjacent to an activating group) is 1. The summed E-state index contributed by atoms with van der Waals surface area (Å²) in [4.78, 5) is 41.5. The molecule has 1 aromatic rings. The molecular weight excluding hydrogens is 360 g/mol. The van der Waals surface area contributed by atoms with Gasteiger partial charge in [0.15, 0.2) is 0 Å². The normalized spacial score (nSPS) is 23.5. The van der Waals surface area contributed by atoms with E-state index < -0.39 is 5.97 Å². The summed E-state index contributed by atoms with van der Waals surface area (Å²) in [5, 5.41) is 12.0. The van der Waals surface area contributed by atoms with Crippen LogP contribution in [0.15, 0.2) is 30.3 Å². The molecule has 0 aromatic heterocycles. The predicted octanol–water partition coefficient (Wildman–Crippen LogP) is 0.980. The van der Waals surface area contributed by atoms with Gasteiger partial charge >= 0.3 is 12.0 Å². The van der Waals surface area contributed by atoms with Crippen LogP contribution in [0.1, 0.15) is 24.8 Å². The van der Waals surface area contributed by atoms with Crippen molar-refractivity contribution in [3.05, 3.63) is 35.9 Å². The van der Waals surface area contributed by atoms with Crippen LogP contribution in [-0.2, 0) is 16.1 Å². The Morgan fingerprint density at radius 1 is 1.14 bits per heavy atom. The van der Waals surface area contributed by atoms with Gasteiger partial charge in [0.05, 0.1) is 0 Å². The zero-order valence-corrected chi connectivity index (χ0v) is 16.3. The van der Waals surface area contributed by atoms with Gasteiger partial charge in [-0.3, -0.25) is 14.5 Å². The number of nitrogens with one attached hydrogen (secondary N) is 1. The molecule has 0 aliphatic carbocycles. The molecule has 2 N–H and O–H groups in total. The van der Waals surface area contributed by atoms with E-state index in [1.165, 1.54) is 4.90 Å². The maximum atomic E-state index is 12.7. The number of likely N-dealkylation sites (tertiary alicyclic amines) is 1. The number of hydrogen-bond donors (Lipinski definition) is 2. The van der Waals surface area contributed by atoms with Crippen LogP contribution in [0.2, 0.25) is 0 Å². The van der Waals surface area contributed by atoms with Crippen molar-refractivity contribution in [3.63, 3.8) is 0 Å². The van der Waals surface area contributed by atoms with E-state index in [1.54, 1.807) is 0 Å². The zero-order valence-electron chi connectivity index (χ0n) is 16.3. The number of rotatable bonds is 4. The van der Waals surface area contributed by atoms with Crippen molar-refractivity contribution >= 4 is 17.9 Å². The van der Waals surface area contributed by atoms with Gasteiger partial charge in [0.2, 0.25) is 5.91 Å². The molecule has 1 unspecified atom stereocenters. The number of carbonyl (C=O) groups excluding carboxylic acids is 2. The molecule has 3 amide bonds. The topological polar surface area (TPSA) is 93.2 Å². The van der Waals surface area contributed by atoms with Crippen molar-refractivity contribution in [1.82, 2.24) is 20.0 Å². The van der Waals surface area contributed by atoms with Gasteiger partial charge in [0.1, 0.15) is 6.54 Å². The predicted molar refractivity (Wildman–Crippen MR) is 104 cm³/mol. The van der Waals surface area contributed by atoms with Gasteiger partial charge in [-0.25, -0.2) is 4.79 Å². The third-order valence-corrected chi connectivity index (χ3v) is 5.90. The van der Waals surface area contributed by atoms with Crippen LogP contribution in [-0.4, -0.2) is 83.0 Å². The summed E-state index contributed by atoms with van der Waals surface area (Å²) < 4.78 is 0. The lowest BCUT2D eigenvalue weighted by atomic mass is 9.86. The number of piperazine rings is 1. The van der Waals surface area contributed by atoms with E-state index >= 15 is 0 Å². The van der Waals surface area contributed by atoms with Gasteiger partial charge in [0.25, 0.3) is 0 Å². The lowest BCUT2D eigenvalue weighted by Gasteiger charge is -2.49. The first-order valence-electron chi connectivity index (χ1n) is 9.67. The second-order valence-electron chi connectivity index (χ2n) is 7.67. The maximum absolute atomic E-state index is 12.7. The summed E-state index contributed by atoms with van der Waals surface area (Å²) in [6.45, 7) is 2.51. The Labute approximate surface area is 165 Å². The molecule has 2 fully saturated rings. The van der Waals surface area contributed by atoms with Crippen LogP contribution in [0.5, 0.6) is 0 Å². The van der Waals surface area contributed by atoms with Crippen LogP contribution < -0.4 is 5.32 Å². The summed E-state index contributed by atoms with van der Waals surface area (Å²) in [5.74, 6) is -1.12. The largest absolute Gasteiger partial charge is 0.480 e. The molecule has 1 aromatic carbocycles. The second-order valence-corrected chi connectivity index (χ2v) is 7.67. The lowest BCUT2D eigenvalue weighted by molar-refractivity contribution is -0.144. The highest BCUT2D eigenvalue weighted by atomic mass is 16.4. The Balaban J connectivity index is 1.64. The summed E-state index contributed by atoms with van der Waals surface area (Å²) >= 11 is 0. The molecule has 2 heterocycles. The molecule has 28 heavy (non-hydrogen) atoms. The molecule has 0 bridgehead atoms. The number of aliphatic carboxylic acids is 1. The summed E-state index contributed by atoms with van der Waals surface area (Å²) in [6, 6.07) is 9.67. The number of nitrogens with zero attached hydrogens (tertiary/aromatic N) is 3. The molecule has 8 nitrogen and oxygen atoms in total. The molecule has 0 saturated carbocycles. The Bertz CT molecular complexity index is 726. The van der Waals surface area contributed by atoms with E-state index in [4.69, 9.17) is 5.11 Å². The number of benzene rings is 1. The average molecular weight is 388 g/mol. The van der Waals surface area contributed by atoms with E-state index in [0.717, 1.165) is 12.1 Å². The van der Waals surface area contributed by atoms with Crippen LogP contribution >= 0.6 is 0 Å². The van der Waals surface area contributed by atoms with Gasteiger partial charge in [-0.15, -0.1) is 0 Å². The standard InChI is InChI=1S/C20H28N4O4/c1-22-11-12-24(19(28)21-13-16-5-3-2-4-6-16)15-20(22)8-7-17(25)23(10-9-20)14-18(26)27/h2-6H,7-15H2,1H3,(H,21,28)(H,26,27). The fourth-order valence-corrected chi connectivity index (χ4v) is 4.08. The molecule has 2 aliphatic rings. The van der Waals surface area contributed by atoms with Gasteiger partial charge in [0, 0.05) is 44.7 Å². The first-order valence-corrected chi connectivity index (χ1v) is 9.67. The third kappa shape index (κ3) is 4.62. The van der Waals surface area contributed by atoms with Crippen molar-refractivity contribution in [2.24, 2.45) is 0 Å². The highest BCUT2D eigenvalue weighted by Crippen LogP contribution is 2.32. The fourth-order valence-electron chi connectivity index (χ4n) is 4.08. The first-order chi connectivity index (χ1) is 13.4. The van der Waals surface area contributed by atoms with Crippen molar-refractivity contribution in [1.29, 1.82) is 0 Å². The quantitative estimate of drug-likeness (QED) is 0.802. The molecule has 8 heteroatoms. The van der Waals surface area contributed by atoms with E-state index in [2.05, 4.69) is 10.2 Å². The summed E-state index contributed by atoms with van der Waals surface area (Å²) in [6.07, 6.45) is 1.59. The fraction of sp³-hybridized carbons (Fsp3) is 0.550. The van der Waals surface area contributed by atoms with Crippen LogP contribution in [0.25, 0.3) is 0 Å². The Morgan fingerprint density at radius 2 is 1.89 bits per heavy atom. The van der Waals surface area contributed by atoms with Crippen molar-refractivity contribution < 1.29 is 19.5 Å². The molecular formula is C20H28N4O4. The minimum absolute atomic E-state index is 0.103. The molecule has 1 atom stereocenters. The number of carboxylic acid groups (broad SMARTS) is 1. The number of carbonyl (C=O) groups is 3. The Morgan fingerprint density at radius 3 is 2.61 bits per heavy atom. The van der Waals surface area contributed by atoms with E-state index in [9.17, 15) is 14.4 Å². The maximum Gasteiger partial charge on any atom is 0.323 e. The van der Waals surface area contributed by atoms with E-state index in [1.807, 2.05) is 42.3 Å². The smallest absolute Gasteiger partial charge is 0.323 e. The van der Waals surface area contributed by atoms with Gasteiger partial charge in [-0.05, 0) is 25.5 Å². The van der Waals surface area contributed by atoms with Crippen molar-refractivity contribution in [2.45, 2.75) is 31.3 Å². The van der Waals surface area contributed by atoms with Crippen LogP contribution in [0.4, 0.5) is 4.79 Å². The average Bonchev–Trinajstić information content (AvgIpc) is 2.83. The second kappa shape index (κ2) is 8.60. The molecule has 2 saturated heterocycles. The summed E-state index contributed by atoms with van der Waals surface area (Å²) in [7, 11) is 2.02. The molecule has 0 radical (unpaired) electrons. The number of amides is 3. The molecule has 2 aliphatic heterocycles. The number of hydrogen-bond acceptors (Lipinski definition) is 4. The first kappa shape index (κ1) is 20.1. The van der Waals surface area contributed by atoms with E-state index in [0.29, 0.717) is 45.4 Å². The van der Waals surface area contributed by atoms with Crippen molar-refractivity contribution in [2.75, 3.05) is 39.8 Å². The Kier molecular flexibility index (Phi) is 6.18. The lowest BCUT2D eigenvalue weighted by Crippen LogP contribution is -2.63. The molecule has 1 spiro atoms. The van der Waals surface area contributed by atoms with Crippen molar-refractivity contribution in [3.8, 4) is 0 Å². The molecule has 152 valence electrons.